The molecule has 116 valence electrons. The Morgan fingerprint density at radius 3 is 2.48 bits per heavy atom. The molecule has 0 spiro atoms. The topological polar surface area (TPSA) is 76.7 Å². The quantitative estimate of drug-likeness (QED) is 0.595. The van der Waals surface area contributed by atoms with E-state index >= 15 is 0 Å². The summed E-state index contributed by atoms with van der Waals surface area (Å²) in [5.74, 6) is -0.355. The van der Waals surface area contributed by atoms with Gasteiger partial charge in [-0.3, -0.25) is 9.59 Å². The molecule has 0 aliphatic rings. The molecule has 0 saturated carbocycles. The van der Waals surface area contributed by atoms with E-state index < -0.39 is 11.8 Å². The second kappa shape index (κ2) is 8.84. The maximum absolute atomic E-state index is 11.8. The maximum atomic E-state index is 11.8. The first kappa shape index (κ1) is 16.8. The van der Waals surface area contributed by atoms with Crippen molar-refractivity contribution in [3.05, 3.63) is 18.2 Å². The van der Waals surface area contributed by atoms with Crippen LogP contribution in [0.4, 0.5) is 5.69 Å². The van der Waals surface area contributed by atoms with Gasteiger partial charge in [0.05, 0.1) is 19.9 Å². The molecule has 2 amide bonds. The van der Waals surface area contributed by atoms with Gasteiger partial charge in [-0.15, -0.1) is 0 Å². The lowest BCUT2D eigenvalue weighted by molar-refractivity contribution is -0.136. The molecule has 2 N–H and O–H groups in total. The summed E-state index contributed by atoms with van der Waals surface area (Å²) in [5, 5.41) is 5.10. The van der Waals surface area contributed by atoms with E-state index in [1.165, 1.54) is 14.2 Å². The first-order valence-electron chi connectivity index (χ1n) is 6.93. The fourth-order valence-corrected chi connectivity index (χ4v) is 1.75. The van der Waals surface area contributed by atoms with Crippen LogP contribution in [0.3, 0.4) is 0 Å². The Morgan fingerprint density at radius 2 is 1.86 bits per heavy atom. The number of benzene rings is 1. The van der Waals surface area contributed by atoms with Gasteiger partial charge in [0, 0.05) is 12.6 Å². The number of methoxy groups -OCH3 is 2. The minimum atomic E-state index is -0.724. The Labute approximate surface area is 124 Å². The Balaban J connectivity index is 2.62. The van der Waals surface area contributed by atoms with Gasteiger partial charge in [-0.2, -0.15) is 0 Å². The fourth-order valence-electron chi connectivity index (χ4n) is 1.75. The van der Waals surface area contributed by atoms with Crippen molar-refractivity contribution in [2.24, 2.45) is 0 Å². The van der Waals surface area contributed by atoms with Gasteiger partial charge < -0.3 is 20.1 Å². The monoisotopic (exact) mass is 294 g/mol. The summed E-state index contributed by atoms with van der Waals surface area (Å²) < 4.78 is 10.2. The van der Waals surface area contributed by atoms with Gasteiger partial charge in [0.15, 0.2) is 0 Å². The standard InChI is InChI=1S/C15H22N2O4/c1-4-5-6-9-16-14(18)15(19)17-12-10-11(20-2)7-8-13(12)21-3/h7-8,10H,4-6,9H2,1-3H3,(H,16,18)(H,17,19). The molecule has 0 atom stereocenters. The van der Waals surface area contributed by atoms with Gasteiger partial charge in [0.1, 0.15) is 11.5 Å². The zero-order valence-corrected chi connectivity index (χ0v) is 12.7. The first-order valence-corrected chi connectivity index (χ1v) is 6.93. The lowest BCUT2D eigenvalue weighted by Crippen LogP contribution is -2.36. The van der Waals surface area contributed by atoms with Crippen LogP contribution in [0, 0.1) is 0 Å². The molecule has 6 nitrogen and oxygen atoms in total. The third-order valence-corrected chi connectivity index (χ3v) is 2.93. The Bertz CT molecular complexity index is 489. The highest BCUT2D eigenvalue weighted by Gasteiger charge is 2.15. The molecule has 1 aromatic rings. The van der Waals surface area contributed by atoms with Crippen LogP contribution < -0.4 is 20.1 Å². The normalized spacial score (nSPS) is 9.86. The van der Waals surface area contributed by atoms with E-state index in [1.54, 1.807) is 18.2 Å². The van der Waals surface area contributed by atoms with Gasteiger partial charge in [-0.05, 0) is 18.6 Å². The summed E-state index contributed by atoms with van der Waals surface area (Å²) >= 11 is 0. The van der Waals surface area contributed by atoms with Crippen LogP contribution >= 0.6 is 0 Å². The van der Waals surface area contributed by atoms with Gasteiger partial charge in [-0.25, -0.2) is 0 Å². The number of hydrogen-bond donors (Lipinski definition) is 2. The Kier molecular flexibility index (Phi) is 7.08. The van der Waals surface area contributed by atoms with Crippen molar-refractivity contribution in [3.63, 3.8) is 0 Å². The molecule has 0 aromatic heterocycles. The highest BCUT2D eigenvalue weighted by molar-refractivity contribution is 6.39. The number of rotatable bonds is 7. The summed E-state index contributed by atoms with van der Waals surface area (Å²) in [6, 6.07) is 4.97. The predicted octanol–water partition coefficient (Wildman–Crippen LogP) is 1.95. The van der Waals surface area contributed by atoms with Crippen molar-refractivity contribution in [3.8, 4) is 11.5 Å². The lowest BCUT2D eigenvalue weighted by atomic mass is 10.2. The number of nitrogens with one attached hydrogen (secondary N) is 2. The Hall–Kier alpha value is -2.24. The largest absolute Gasteiger partial charge is 0.497 e. The van der Waals surface area contributed by atoms with Crippen LogP contribution in [-0.2, 0) is 9.59 Å². The van der Waals surface area contributed by atoms with Crippen molar-refractivity contribution >= 4 is 17.5 Å². The van der Waals surface area contributed by atoms with E-state index in [1.807, 2.05) is 0 Å². The first-order chi connectivity index (χ1) is 10.1. The number of ether oxygens (including phenoxy) is 2. The predicted molar refractivity (Wildman–Crippen MR) is 80.7 cm³/mol. The lowest BCUT2D eigenvalue weighted by Gasteiger charge is -2.11. The number of carbonyl (C=O) groups is 2. The molecular weight excluding hydrogens is 272 g/mol. The van der Waals surface area contributed by atoms with Gasteiger partial charge in [0.2, 0.25) is 0 Å². The third-order valence-electron chi connectivity index (χ3n) is 2.93. The van der Waals surface area contributed by atoms with E-state index in [0.29, 0.717) is 23.7 Å². The zero-order chi connectivity index (χ0) is 15.7. The molecule has 0 unspecified atom stereocenters. The van der Waals surface area contributed by atoms with Crippen molar-refractivity contribution in [1.82, 2.24) is 5.32 Å². The number of carbonyl (C=O) groups excluding carboxylic acids is 2. The summed E-state index contributed by atoms with van der Waals surface area (Å²) in [7, 11) is 3.01. The molecule has 6 heteroatoms. The molecule has 0 radical (unpaired) electrons. The molecule has 0 bridgehead atoms. The van der Waals surface area contributed by atoms with E-state index in [9.17, 15) is 9.59 Å². The molecule has 21 heavy (non-hydrogen) atoms. The number of amides is 2. The average Bonchev–Trinajstić information content (AvgIpc) is 2.51. The molecule has 0 aliphatic heterocycles. The smallest absolute Gasteiger partial charge is 0.313 e. The molecule has 0 fully saturated rings. The van der Waals surface area contributed by atoms with Crippen LogP contribution in [-0.4, -0.2) is 32.6 Å². The molecule has 1 aromatic carbocycles. The van der Waals surface area contributed by atoms with Gasteiger partial charge in [0.25, 0.3) is 0 Å². The highest BCUT2D eigenvalue weighted by Crippen LogP contribution is 2.28. The van der Waals surface area contributed by atoms with Crippen LogP contribution in [0.25, 0.3) is 0 Å². The van der Waals surface area contributed by atoms with E-state index in [-0.39, 0.29) is 0 Å². The number of anilines is 1. The molecular formula is C15H22N2O4. The van der Waals surface area contributed by atoms with Gasteiger partial charge in [-0.1, -0.05) is 19.8 Å². The minimum absolute atomic E-state index is 0.394. The highest BCUT2D eigenvalue weighted by atomic mass is 16.5. The van der Waals surface area contributed by atoms with Crippen molar-refractivity contribution in [2.75, 3.05) is 26.1 Å². The van der Waals surface area contributed by atoms with Crippen LogP contribution in [0.5, 0.6) is 11.5 Å². The number of unbranched alkanes of at least 4 members (excludes halogenated alkanes) is 2. The summed E-state index contributed by atoms with van der Waals surface area (Å²) in [5.41, 5.74) is 0.394. The number of hydrogen-bond acceptors (Lipinski definition) is 4. The molecule has 0 heterocycles. The second-order valence-electron chi connectivity index (χ2n) is 4.48. The van der Waals surface area contributed by atoms with Crippen molar-refractivity contribution < 1.29 is 19.1 Å². The summed E-state index contributed by atoms with van der Waals surface area (Å²) in [4.78, 5) is 23.5. The Morgan fingerprint density at radius 1 is 1.10 bits per heavy atom. The molecule has 0 aliphatic carbocycles. The van der Waals surface area contributed by atoms with Gasteiger partial charge >= 0.3 is 11.8 Å². The van der Waals surface area contributed by atoms with E-state index in [2.05, 4.69) is 17.6 Å². The van der Waals surface area contributed by atoms with Crippen LogP contribution in [0.15, 0.2) is 18.2 Å². The minimum Gasteiger partial charge on any atom is -0.497 e. The fraction of sp³-hybridized carbons (Fsp3) is 0.467. The van der Waals surface area contributed by atoms with E-state index in [4.69, 9.17) is 9.47 Å². The maximum Gasteiger partial charge on any atom is 0.313 e. The SMILES string of the molecule is CCCCCNC(=O)C(=O)Nc1cc(OC)ccc1OC. The van der Waals surface area contributed by atoms with E-state index in [0.717, 1.165) is 19.3 Å². The average molecular weight is 294 g/mol. The molecule has 0 saturated heterocycles. The van der Waals surface area contributed by atoms with Crippen LogP contribution in [0.1, 0.15) is 26.2 Å². The zero-order valence-electron chi connectivity index (χ0n) is 12.7. The van der Waals surface area contributed by atoms with Crippen molar-refractivity contribution in [1.29, 1.82) is 0 Å². The van der Waals surface area contributed by atoms with Crippen LogP contribution in [0.2, 0.25) is 0 Å². The third kappa shape index (κ3) is 5.33. The molecule has 1 rings (SSSR count). The second-order valence-corrected chi connectivity index (χ2v) is 4.48. The summed E-state index contributed by atoms with van der Waals surface area (Å²) in [6.45, 7) is 2.57. The van der Waals surface area contributed by atoms with Crippen molar-refractivity contribution in [2.45, 2.75) is 26.2 Å². The summed E-state index contributed by atoms with van der Waals surface area (Å²) in [6.07, 6.45) is 2.94.